The van der Waals surface area contributed by atoms with E-state index in [9.17, 15) is 14.4 Å². The van der Waals surface area contributed by atoms with E-state index in [1.54, 1.807) is 6.26 Å². The molecule has 0 atom stereocenters. The SMILES string of the molecule is COC(=O)c1cc(NC(=O)Cc2coc3cc(C)c(C(C)C)cc23)cc(C(=O)OC)c1. The number of rotatable bonds is 6. The Kier molecular flexibility index (Phi) is 6.44. The average Bonchev–Trinajstić information content (AvgIpc) is 3.12. The fourth-order valence-electron chi connectivity index (χ4n) is 3.55. The number of hydrogen-bond donors (Lipinski definition) is 1. The van der Waals surface area contributed by atoms with E-state index in [2.05, 4.69) is 25.2 Å². The zero-order valence-corrected chi connectivity index (χ0v) is 18.2. The summed E-state index contributed by atoms with van der Waals surface area (Å²) in [6.45, 7) is 6.28. The lowest BCUT2D eigenvalue weighted by molar-refractivity contribution is -0.115. The van der Waals surface area contributed by atoms with Gasteiger partial charge in [-0.25, -0.2) is 9.59 Å². The number of methoxy groups -OCH3 is 2. The first-order valence-electron chi connectivity index (χ1n) is 9.85. The third-order valence-corrected chi connectivity index (χ3v) is 5.07. The molecule has 31 heavy (non-hydrogen) atoms. The lowest BCUT2D eigenvalue weighted by atomic mass is 9.95. The van der Waals surface area contributed by atoms with E-state index in [1.807, 2.05) is 13.0 Å². The molecule has 7 nitrogen and oxygen atoms in total. The maximum atomic E-state index is 12.7. The predicted molar refractivity (Wildman–Crippen MR) is 116 cm³/mol. The smallest absolute Gasteiger partial charge is 0.337 e. The van der Waals surface area contributed by atoms with E-state index < -0.39 is 11.9 Å². The topological polar surface area (TPSA) is 94.8 Å². The summed E-state index contributed by atoms with van der Waals surface area (Å²) in [5.41, 5.74) is 4.38. The van der Waals surface area contributed by atoms with Crippen molar-refractivity contribution in [3.05, 3.63) is 64.4 Å². The highest BCUT2D eigenvalue weighted by atomic mass is 16.5. The van der Waals surface area contributed by atoms with Crippen LogP contribution in [0.1, 0.15) is 57.2 Å². The van der Waals surface area contributed by atoms with Crippen molar-refractivity contribution in [3.8, 4) is 0 Å². The van der Waals surface area contributed by atoms with Crippen LogP contribution in [0.2, 0.25) is 0 Å². The number of carbonyl (C=O) groups excluding carboxylic acids is 3. The standard InChI is InChI=1S/C24H25NO6/c1-13(2)19-11-20-17(12-31-21(20)6-14(19)3)10-22(26)25-18-8-15(23(27)29-4)7-16(9-18)24(28)30-5/h6-9,11-13H,10H2,1-5H3,(H,25,26). The van der Waals surface area contributed by atoms with Crippen LogP contribution in [-0.2, 0) is 20.7 Å². The monoisotopic (exact) mass is 423 g/mol. The summed E-state index contributed by atoms with van der Waals surface area (Å²) in [5.74, 6) is -1.22. The number of carbonyl (C=O) groups is 3. The molecule has 0 aliphatic heterocycles. The van der Waals surface area contributed by atoms with Crippen LogP contribution in [0.25, 0.3) is 11.0 Å². The van der Waals surface area contributed by atoms with E-state index in [0.717, 1.165) is 22.1 Å². The number of anilines is 1. The first kappa shape index (κ1) is 22.1. The molecule has 0 bridgehead atoms. The van der Waals surface area contributed by atoms with Crippen molar-refractivity contribution in [2.24, 2.45) is 0 Å². The van der Waals surface area contributed by atoms with Crippen molar-refractivity contribution in [2.45, 2.75) is 33.1 Å². The van der Waals surface area contributed by atoms with Crippen molar-refractivity contribution >= 4 is 34.5 Å². The van der Waals surface area contributed by atoms with E-state index in [-0.39, 0.29) is 23.5 Å². The highest BCUT2D eigenvalue weighted by molar-refractivity contribution is 6.00. The molecule has 0 saturated carbocycles. The number of benzene rings is 2. The Hall–Kier alpha value is -3.61. The van der Waals surface area contributed by atoms with Gasteiger partial charge in [-0.05, 0) is 54.3 Å². The van der Waals surface area contributed by atoms with Crippen molar-refractivity contribution in [1.82, 2.24) is 0 Å². The molecule has 0 saturated heterocycles. The van der Waals surface area contributed by atoms with Gasteiger partial charge in [0.25, 0.3) is 0 Å². The molecule has 162 valence electrons. The third kappa shape index (κ3) is 4.77. The van der Waals surface area contributed by atoms with Crippen LogP contribution in [0.3, 0.4) is 0 Å². The van der Waals surface area contributed by atoms with Gasteiger partial charge in [-0.15, -0.1) is 0 Å². The van der Waals surface area contributed by atoms with Gasteiger partial charge in [0.2, 0.25) is 5.91 Å². The first-order valence-corrected chi connectivity index (χ1v) is 9.85. The molecule has 1 amide bonds. The molecule has 1 aromatic heterocycles. The quantitative estimate of drug-likeness (QED) is 0.582. The zero-order chi connectivity index (χ0) is 22.7. The number of nitrogens with one attached hydrogen (secondary N) is 1. The molecule has 0 aliphatic carbocycles. The molecule has 0 fully saturated rings. The van der Waals surface area contributed by atoms with Gasteiger partial charge in [0.05, 0.1) is 38.0 Å². The highest BCUT2D eigenvalue weighted by Crippen LogP contribution is 2.29. The van der Waals surface area contributed by atoms with Crippen LogP contribution < -0.4 is 5.32 Å². The molecule has 0 spiro atoms. The van der Waals surface area contributed by atoms with Gasteiger partial charge in [0.15, 0.2) is 0 Å². The number of esters is 2. The van der Waals surface area contributed by atoms with Crippen LogP contribution in [0.5, 0.6) is 0 Å². The van der Waals surface area contributed by atoms with Crippen LogP contribution in [-0.4, -0.2) is 32.1 Å². The van der Waals surface area contributed by atoms with E-state index in [1.165, 1.54) is 38.0 Å². The van der Waals surface area contributed by atoms with Crippen molar-refractivity contribution < 1.29 is 28.3 Å². The Labute approximate surface area is 180 Å². The molecule has 0 radical (unpaired) electrons. The van der Waals surface area contributed by atoms with Crippen LogP contribution >= 0.6 is 0 Å². The summed E-state index contributed by atoms with van der Waals surface area (Å²) < 4.78 is 15.1. The molecule has 0 unspecified atom stereocenters. The zero-order valence-electron chi connectivity index (χ0n) is 18.2. The van der Waals surface area contributed by atoms with E-state index >= 15 is 0 Å². The number of hydrogen-bond acceptors (Lipinski definition) is 6. The summed E-state index contributed by atoms with van der Waals surface area (Å²) >= 11 is 0. The van der Waals surface area contributed by atoms with Crippen LogP contribution in [0.4, 0.5) is 5.69 Å². The number of furan rings is 1. The van der Waals surface area contributed by atoms with Gasteiger partial charge < -0.3 is 19.2 Å². The fourth-order valence-corrected chi connectivity index (χ4v) is 3.55. The molecule has 2 aromatic carbocycles. The maximum absolute atomic E-state index is 12.7. The fraction of sp³-hybridized carbons (Fsp3) is 0.292. The molecule has 7 heteroatoms. The normalized spacial score (nSPS) is 10.9. The number of ether oxygens (including phenoxy) is 2. The minimum absolute atomic E-state index is 0.0730. The molecular formula is C24H25NO6. The molecule has 3 rings (SSSR count). The highest BCUT2D eigenvalue weighted by Gasteiger charge is 2.17. The van der Waals surface area contributed by atoms with Gasteiger partial charge in [-0.3, -0.25) is 4.79 Å². The Bertz CT molecular complexity index is 1120. The Morgan fingerprint density at radius 1 is 0.968 bits per heavy atom. The van der Waals surface area contributed by atoms with E-state index in [0.29, 0.717) is 11.6 Å². The number of amides is 1. The number of fused-ring (bicyclic) bond motifs is 1. The van der Waals surface area contributed by atoms with Crippen molar-refractivity contribution in [3.63, 3.8) is 0 Å². The molecule has 0 aliphatic rings. The average molecular weight is 423 g/mol. The molecule has 1 heterocycles. The molecular weight excluding hydrogens is 398 g/mol. The summed E-state index contributed by atoms with van der Waals surface area (Å²) in [7, 11) is 2.48. The minimum Gasteiger partial charge on any atom is -0.465 e. The minimum atomic E-state index is -0.626. The summed E-state index contributed by atoms with van der Waals surface area (Å²) in [5, 5.41) is 3.63. The Balaban J connectivity index is 1.87. The molecule has 3 aromatic rings. The second-order valence-electron chi connectivity index (χ2n) is 7.63. The van der Waals surface area contributed by atoms with Gasteiger partial charge in [0.1, 0.15) is 5.58 Å². The Morgan fingerprint density at radius 2 is 1.58 bits per heavy atom. The second kappa shape index (κ2) is 9.04. The van der Waals surface area contributed by atoms with Crippen molar-refractivity contribution in [1.29, 1.82) is 0 Å². The predicted octanol–water partition coefficient (Wildman–Crippen LogP) is 4.62. The number of aryl methyl sites for hydroxylation is 1. The maximum Gasteiger partial charge on any atom is 0.337 e. The van der Waals surface area contributed by atoms with Gasteiger partial charge >= 0.3 is 11.9 Å². The first-order chi connectivity index (χ1) is 14.7. The van der Waals surface area contributed by atoms with Gasteiger partial charge in [-0.1, -0.05) is 13.8 Å². The third-order valence-electron chi connectivity index (χ3n) is 5.07. The second-order valence-corrected chi connectivity index (χ2v) is 7.63. The van der Waals surface area contributed by atoms with Crippen molar-refractivity contribution in [2.75, 3.05) is 19.5 Å². The molecule has 1 N–H and O–H groups in total. The lowest BCUT2D eigenvalue weighted by Crippen LogP contribution is -2.16. The summed E-state index contributed by atoms with van der Waals surface area (Å²) in [6.07, 6.45) is 1.65. The van der Waals surface area contributed by atoms with Gasteiger partial charge in [0, 0.05) is 16.6 Å². The largest absolute Gasteiger partial charge is 0.465 e. The van der Waals surface area contributed by atoms with Crippen LogP contribution in [0.15, 0.2) is 41.0 Å². The van der Waals surface area contributed by atoms with Crippen LogP contribution in [0, 0.1) is 6.92 Å². The van der Waals surface area contributed by atoms with E-state index in [4.69, 9.17) is 13.9 Å². The lowest BCUT2D eigenvalue weighted by Gasteiger charge is -2.11. The Morgan fingerprint density at radius 3 is 2.13 bits per heavy atom. The van der Waals surface area contributed by atoms with Gasteiger partial charge in [-0.2, -0.15) is 0 Å². The summed E-state index contributed by atoms with van der Waals surface area (Å²) in [6, 6.07) is 8.30. The summed E-state index contributed by atoms with van der Waals surface area (Å²) in [4.78, 5) is 36.6.